The highest BCUT2D eigenvalue weighted by Gasteiger charge is 2.05. The highest BCUT2D eigenvalue weighted by atomic mass is 35.5. The van der Waals surface area contributed by atoms with Crippen molar-refractivity contribution >= 4 is 29.0 Å². The van der Waals surface area contributed by atoms with Crippen molar-refractivity contribution in [2.45, 2.75) is 13.3 Å². The normalized spacial score (nSPS) is 10.4. The molecule has 0 unspecified atom stereocenters. The van der Waals surface area contributed by atoms with Gasteiger partial charge in [-0.05, 0) is 23.3 Å². The topological polar surface area (TPSA) is 17.1 Å². The van der Waals surface area contributed by atoms with Crippen LogP contribution in [-0.2, 0) is 0 Å². The molecule has 0 amide bonds. The highest BCUT2D eigenvalue weighted by molar-refractivity contribution is 6.42. The first-order valence-electron chi connectivity index (χ1n) is 5.70. The summed E-state index contributed by atoms with van der Waals surface area (Å²) in [5.41, 5.74) is 2.74. The van der Waals surface area contributed by atoms with Crippen molar-refractivity contribution in [3.8, 4) is 11.1 Å². The number of ketones is 1. The Bertz CT molecular complexity index is 574. The smallest absolute Gasteiger partial charge is 0.162 e. The molecule has 2 aromatic rings. The van der Waals surface area contributed by atoms with Gasteiger partial charge in [0.25, 0.3) is 0 Å². The highest BCUT2D eigenvalue weighted by Crippen LogP contribution is 2.28. The van der Waals surface area contributed by atoms with E-state index in [0.717, 1.165) is 16.7 Å². The lowest BCUT2D eigenvalue weighted by molar-refractivity contribution is 0.0988. The minimum atomic E-state index is 0.149. The van der Waals surface area contributed by atoms with Crippen LogP contribution < -0.4 is 0 Å². The molecule has 3 heteroatoms. The van der Waals surface area contributed by atoms with Gasteiger partial charge in [0, 0.05) is 12.0 Å². The summed E-state index contributed by atoms with van der Waals surface area (Å²) in [4.78, 5) is 11.5. The molecule has 1 nitrogen and oxygen atoms in total. The van der Waals surface area contributed by atoms with Crippen molar-refractivity contribution in [1.29, 1.82) is 0 Å². The van der Waals surface area contributed by atoms with Crippen LogP contribution >= 0.6 is 23.2 Å². The number of rotatable bonds is 3. The molecular weight excluding hydrogens is 267 g/mol. The maximum Gasteiger partial charge on any atom is 0.162 e. The predicted molar refractivity (Wildman–Crippen MR) is 76.5 cm³/mol. The Balaban J connectivity index is 2.34. The number of benzene rings is 2. The second-order valence-electron chi connectivity index (χ2n) is 3.98. The average Bonchev–Trinajstić information content (AvgIpc) is 2.41. The van der Waals surface area contributed by atoms with Gasteiger partial charge in [0.05, 0.1) is 10.0 Å². The molecule has 0 heterocycles. The zero-order valence-electron chi connectivity index (χ0n) is 9.91. The summed E-state index contributed by atoms with van der Waals surface area (Å²) in [5, 5.41) is 1.07. The van der Waals surface area contributed by atoms with Crippen molar-refractivity contribution in [3.05, 3.63) is 58.1 Å². The van der Waals surface area contributed by atoms with E-state index in [4.69, 9.17) is 23.2 Å². The molecule has 0 aliphatic rings. The van der Waals surface area contributed by atoms with E-state index in [2.05, 4.69) is 0 Å². The molecular formula is C15H12Cl2O. The average molecular weight is 279 g/mol. The lowest BCUT2D eigenvalue weighted by atomic mass is 10.0. The van der Waals surface area contributed by atoms with E-state index in [-0.39, 0.29) is 5.78 Å². The number of Topliss-reactive ketones (excluding diaryl/α,β-unsaturated/α-hetero) is 1. The minimum absolute atomic E-state index is 0.149. The van der Waals surface area contributed by atoms with Crippen molar-refractivity contribution in [3.63, 3.8) is 0 Å². The van der Waals surface area contributed by atoms with Gasteiger partial charge >= 0.3 is 0 Å². The van der Waals surface area contributed by atoms with Crippen molar-refractivity contribution in [2.24, 2.45) is 0 Å². The quantitative estimate of drug-likeness (QED) is 0.701. The Labute approximate surface area is 116 Å². The van der Waals surface area contributed by atoms with Crippen LogP contribution in [-0.4, -0.2) is 5.78 Å². The van der Waals surface area contributed by atoms with E-state index < -0.39 is 0 Å². The second kappa shape index (κ2) is 5.55. The molecule has 0 radical (unpaired) electrons. The standard InChI is InChI=1S/C15H12Cl2O/c1-2-15(18)11-5-3-10(4-6-11)12-7-8-13(16)14(17)9-12/h3-9H,2H2,1H3. The van der Waals surface area contributed by atoms with Gasteiger partial charge in [-0.15, -0.1) is 0 Å². The van der Waals surface area contributed by atoms with Gasteiger partial charge in [-0.1, -0.05) is 60.5 Å². The molecule has 0 fully saturated rings. The van der Waals surface area contributed by atoms with Crippen molar-refractivity contribution in [1.82, 2.24) is 0 Å². The summed E-state index contributed by atoms with van der Waals surface area (Å²) in [6, 6.07) is 13.0. The van der Waals surface area contributed by atoms with Crippen LogP contribution in [0.1, 0.15) is 23.7 Å². The van der Waals surface area contributed by atoms with E-state index in [0.29, 0.717) is 16.5 Å². The zero-order chi connectivity index (χ0) is 13.1. The molecule has 0 N–H and O–H groups in total. The third-order valence-corrected chi connectivity index (χ3v) is 3.52. The van der Waals surface area contributed by atoms with Crippen LogP contribution in [0.4, 0.5) is 0 Å². The molecule has 0 saturated heterocycles. The van der Waals surface area contributed by atoms with Crippen molar-refractivity contribution in [2.75, 3.05) is 0 Å². The van der Waals surface area contributed by atoms with Gasteiger partial charge in [0.15, 0.2) is 5.78 Å². The van der Waals surface area contributed by atoms with E-state index in [1.54, 1.807) is 6.07 Å². The van der Waals surface area contributed by atoms with E-state index >= 15 is 0 Å². The summed E-state index contributed by atoms with van der Waals surface area (Å²) in [7, 11) is 0. The Kier molecular flexibility index (Phi) is 4.05. The monoisotopic (exact) mass is 278 g/mol. The SMILES string of the molecule is CCC(=O)c1ccc(-c2ccc(Cl)c(Cl)c2)cc1. The van der Waals surface area contributed by atoms with Gasteiger partial charge in [-0.2, -0.15) is 0 Å². The third kappa shape index (κ3) is 2.74. The van der Waals surface area contributed by atoms with Crippen LogP contribution in [0, 0.1) is 0 Å². The minimum Gasteiger partial charge on any atom is -0.294 e. The molecule has 92 valence electrons. The van der Waals surface area contributed by atoms with E-state index in [1.165, 1.54) is 0 Å². The molecule has 0 aliphatic carbocycles. The maximum absolute atomic E-state index is 11.5. The molecule has 0 atom stereocenters. The van der Waals surface area contributed by atoms with Crippen LogP contribution in [0.2, 0.25) is 10.0 Å². The van der Waals surface area contributed by atoms with E-state index in [1.807, 2.05) is 43.3 Å². The summed E-state index contributed by atoms with van der Waals surface area (Å²) < 4.78 is 0. The van der Waals surface area contributed by atoms with Gasteiger partial charge in [-0.25, -0.2) is 0 Å². The van der Waals surface area contributed by atoms with Gasteiger partial charge in [0.2, 0.25) is 0 Å². The van der Waals surface area contributed by atoms with Gasteiger partial charge in [-0.3, -0.25) is 4.79 Å². The lowest BCUT2D eigenvalue weighted by Gasteiger charge is -2.05. The number of halogens is 2. The molecule has 0 saturated carbocycles. The summed E-state index contributed by atoms with van der Waals surface area (Å²) in [6.45, 7) is 1.86. The number of carbonyl (C=O) groups is 1. The molecule has 0 aliphatic heterocycles. The lowest BCUT2D eigenvalue weighted by Crippen LogP contribution is -1.95. The third-order valence-electron chi connectivity index (χ3n) is 2.78. The van der Waals surface area contributed by atoms with Crippen LogP contribution in [0.25, 0.3) is 11.1 Å². The fraction of sp³-hybridized carbons (Fsp3) is 0.133. The number of carbonyl (C=O) groups excluding carboxylic acids is 1. The molecule has 0 aromatic heterocycles. The maximum atomic E-state index is 11.5. The Morgan fingerprint density at radius 1 is 0.944 bits per heavy atom. The number of hydrogen-bond donors (Lipinski definition) is 0. The Morgan fingerprint density at radius 3 is 2.11 bits per heavy atom. The largest absolute Gasteiger partial charge is 0.294 e. The molecule has 0 spiro atoms. The van der Waals surface area contributed by atoms with Crippen LogP contribution in [0.5, 0.6) is 0 Å². The summed E-state index contributed by atoms with van der Waals surface area (Å²) in [6.07, 6.45) is 0.520. The van der Waals surface area contributed by atoms with E-state index in [9.17, 15) is 4.79 Å². The van der Waals surface area contributed by atoms with Crippen LogP contribution in [0.15, 0.2) is 42.5 Å². The van der Waals surface area contributed by atoms with Crippen LogP contribution in [0.3, 0.4) is 0 Å². The predicted octanol–water partition coefficient (Wildman–Crippen LogP) is 5.25. The number of hydrogen-bond acceptors (Lipinski definition) is 1. The molecule has 18 heavy (non-hydrogen) atoms. The molecule has 2 aromatic carbocycles. The zero-order valence-corrected chi connectivity index (χ0v) is 11.4. The Hall–Kier alpha value is -1.31. The van der Waals surface area contributed by atoms with Gasteiger partial charge in [0.1, 0.15) is 0 Å². The molecule has 0 bridgehead atoms. The van der Waals surface area contributed by atoms with Gasteiger partial charge < -0.3 is 0 Å². The Morgan fingerprint density at radius 2 is 1.56 bits per heavy atom. The summed E-state index contributed by atoms with van der Waals surface area (Å²) >= 11 is 11.9. The summed E-state index contributed by atoms with van der Waals surface area (Å²) in [5.74, 6) is 0.149. The second-order valence-corrected chi connectivity index (χ2v) is 4.80. The first kappa shape index (κ1) is 13.1. The first-order chi connectivity index (χ1) is 8.61. The molecule has 2 rings (SSSR count). The fourth-order valence-electron chi connectivity index (χ4n) is 1.73. The van der Waals surface area contributed by atoms with Crippen molar-refractivity contribution < 1.29 is 4.79 Å². The fourth-order valence-corrected chi connectivity index (χ4v) is 2.03. The first-order valence-corrected chi connectivity index (χ1v) is 6.46.